The zero-order valence-corrected chi connectivity index (χ0v) is 16.3. The average molecular weight is 387 g/mol. The standard InChI is InChI=1S/C25H17N5/c1-3-18-12-16-7-5-14-11-15-6-8-17-13-19-4-2-10-27-25(19)30-23(17)21(15)28-20(14)22(16)29-24(18)26-9-1/h1-4,9-13H,5-8H2. The Morgan fingerprint density at radius 2 is 0.933 bits per heavy atom. The van der Waals surface area contributed by atoms with Crippen LogP contribution in [0.2, 0.25) is 0 Å². The molecular formula is C25H17N5. The van der Waals surface area contributed by atoms with Crippen LogP contribution in [-0.4, -0.2) is 24.9 Å². The van der Waals surface area contributed by atoms with Crippen molar-refractivity contribution in [2.45, 2.75) is 25.7 Å². The van der Waals surface area contributed by atoms with Crippen molar-refractivity contribution < 1.29 is 0 Å². The van der Waals surface area contributed by atoms with Gasteiger partial charge >= 0.3 is 0 Å². The Morgan fingerprint density at radius 1 is 0.500 bits per heavy atom. The number of rotatable bonds is 0. The van der Waals surface area contributed by atoms with Crippen LogP contribution >= 0.6 is 0 Å². The fourth-order valence-corrected chi connectivity index (χ4v) is 4.82. The highest BCUT2D eigenvalue weighted by atomic mass is 14.9. The molecule has 2 aliphatic rings. The lowest BCUT2D eigenvalue weighted by Gasteiger charge is -2.24. The van der Waals surface area contributed by atoms with E-state index in [9.17, 15) is 0 Å². The maximum atomic E-state index is 5.17. The van der Waals surface area contributed by atoms with E-state index >= 15 is 0 Å². The van der Waals surface area contributed by atoms with Crippen LogP contribution in [0, 0.1) is 0 Å². The summed E-state index contributed by atoms with van der Waals surface area (Å²) >= 11 is 0. The topological polar surface area (TPSA) is 64.5 Å². The quantitative estimate of drug-likeness (QED) is 0.391. The van der Waals surface area contributed by atoms with E-state index in [0.717, 1.165) is 70.5 Å². The van der Waals surface area contributed by atoms with Crippen LogP contribution in [0.5, 0.6) is 0 Å². The Kier molecular flexibility index (Phi) is 3.16. The van der Waals surface area contributed by atoms with E-state index in [0.29, 0.717) is 0 Å². The number of hydrogen-bond donors (Lipinski definition) is 0. The molecule has 2 aliphatic carbocycles. The van der Waals surface area contributed by atoms with Gasteiger partial charge in [-0.15, -0.1) is 0 Å². The van der Waals surface area contributed by atoms with Crippen LogP contribution in [0.4, 0.5) is 0 Å². The Morgan fingerprint density at radius 3 is 1.43 bits per heavy atom. The van der Waals surface area contributed by atoms with Crippen molar-refractivity contribution in [2.24, 2.45) is 0 Å². The molecule has 0 aromatic carbocycles. The van der Waals surface area contributed by atoms with Crippen molar-refractivity contribution in [2.75, 3.05) is 0 Å². The van der Waals surface area contributed by atoms with Gasteiger partial charge in [-0.3, -0.25) is 0 Å². The summed E-state index contributed by atoms with van der Waals surface area (Å²) in [5, 5.41) is 2.17. The number of fused-ring (bicyclic) bond motifs is 8. The first-order chi connectivity index (χ1) is 14.8. The molecule has 142 valence electrons. The predicted octanol–water partition coefficient (Wildman–Crippen LogP) is 4.50. The van der Waals surface area contributed by atoms with Gasteiger partial charge in [0.15, 0.2) is 11.3 Å². The summed E-state index contributed by atoms with van der Waals surface area (Å²) in [7, 11) is 0. The van der Waals surface area contributed by atoms with Gasteiger partial charge < -0.3 is 0 Å². The highest BCUT2D eigenvalue weighted by molar-refractivity contribution is 5.84. The van der Waals surface area contributed by atoms with Gasteiger partial charge in [0.2, 0.25) is 0 Å². The summed E-state index contributed by atoms with van der Waals surface area (Å²) in [5.41, 5.74) is 10.5. The lowest BCUT2D eigenvalue weighted by molar-refractivity contribution is 0.877. The first kappa shape index (κ1) is 16.1. The molecule has 0 amide bonds. The fraction of sp³-hybridized carbons (Fsp3) is 0.160. The van der Waals surface area contributed by atoms with E-state index in [1.807, 2.05) is 12.1 Å². The molecule has 0 bridgehead atoms. The number of hydrogen-bond acceptors (Lipinski definition) is 5. The van der Waals surface area contributed by atoms with E-state index < -0.39 is 0 Å². The molecule has 5 heterocycles. The third-order valence-corrected chi connectivity index (χ3v) is 6.29. The van der Waals surface area contributed by atoms with Gasteiger partial charge in [-0.2, -0.15) is 0 Å². The Bertz CT molecular complexity index is 1390. The SMILES string of the molecule is c1cnc2nc3c(cc2c1)CCc1cc2c(nc1-3)-c1nc3ncccc3cc1CC2. The van der Waals surface area contributed by atoms with Gasteiger partial charge in [0.05, 0.1) is 22.8 Å². The van der Waals surface area contributed by atoms with E-state index in [2.05, 4.69) is 40.3 Å². The van der Waals surface area contributed by atoms with Crippen molar-refractivity contribution in [1.29, 1.82) is 0 Å². The molecule has 0 saturated heterocycles. The fourth-order valence-electron chi connectivity index (χ4n) is 4.82. The second kappa shape index (κ2) is 5.89. The molecule has 5 nitrogen and oxygen atoms in total. The summed E-state index contributed by atoms with van der Waals surface area (Å²) in [6, 6.07) is 14.8. The molecular weight excluding hydrogens is 370 g/mol. The maximum Gasteiger partial charge on any atom is 0.159 e. The third kappa shape index (κ3) is 2.26. The Balaban J connectivity index is 1.48. The molecule has 0 spiro atoms. The smallest absolute Gasteiger partial charge is 0.159 e. The van der Waals surface area contributed by atoms with Gasteiger partial charge in [-0.25, -0.2) is 24.9 Å². The molecule has 0 aliphatic heterocycles. The van der Waals surface area contributed by atoms with Gasteiger partial charge in [0.25, 0.3) is 0 Å². The number of nitrogens with zero attached hydrogens (tertiary/aromatic N) is 5. The average Bonchev–Trinajstić information content (AvgIpc) is 2.80. The van der Waals surface area contributed by atoms with Crippen LogP contribution in [0.3, 0.4) is 0 Å². The van der Waals surface area contributed by atoms with Gasteiger partial charge in [0.1, 0.15) is 0 Å². The van der Waals surface area contributed by atoms with E-state index in [1.54, 1.807) is 12.4 Å². The van der Waals surface area contributed by atoms with Gasteiger partial charge in [-0.1, -0.05) is 6.07 Å². The van der Waals surface area contributed by atoms with Crippen LogP contribution in [0.15, 0.2) is 54.9 Å². The maximum absolute atomic E-state index is 5.17. The number of aromatic nitrogens is 5. The lowest BCUT2D eigenvalue weighted by Crippen LogP contribution is -2.14. The molecule has 0 fully saturated rings. The van der Waals surface area contributed by atoms with Crippen molar-refractivity contribution in [3.63, 3.8) is 0 Å². The van der Waals surface area contributed by atoms with Crippen LogP contribution in [0.25, 0.3) is 44.8 Å². The Hall–Kier alpha value is -3.73. The van der Waals surface area contributed by atoms with E-state index in [1.165, 1.54) is 22.3 Å². The summed E-state index contributed by atoms with van der Waals surface area (Å²) in [6.45, 7) is 0. The third-order valence-electron chi connectivity index (χ3n) is 6.29. The van der Waals surface area contributed by atoms with Crippen molar-refractivity contribution >= 4 is 22.1 Å². The molecule has 30 heavy (non-hydrogen) atoms. The normalized spacial score (nSPS) is 14.1. The van der Waals surface area contributed by atoms with E-state index in [4.69, 9.17) is 15.0 Å². The molecule has 5 aromatic rings. The number of pyridine rings is 5. The summed E-state index contributed by atoms with van der Waals surface area (Å²) in [6.07, 6.45) is 7.56. The second-order valence-corrected chi connectivity index (χ2v) is 8.10. The van der Waals surface area contributed by atoms with Crippen LogP contribution < -0.4 is 0 Å². The van der Waals surface area contributed by atoms with Crippen molar-refractivity contribution in [3.05, 3.63) is 77.1 Å². The molecule has 5 heteroatoms. The summed E-state index contributed by atoms with van der Waals surface area (Å²) in [4.78, 5) is 23.9. The second-order valence-electron chi connectivity index (χ2n) is 8.10. The molecule has 0 atom stereocenters. The minimum atomic E-state index is 0.775. The number of aryl methyl sites for hydroxylation is 4. The minimum Gasteiger partial charge on any atom is -0.244 e. The molecule has 0 radical (unpaired) electrons. The van der Waals surface area contributed by atoms with Crippen molar-refractivity contribution in [3.8, 4) is 22.8 Å². The minimum absolute atomic E-state index is 0.775. The summed E-state index contributed by atoms with van der Waals surface area (Å²) < 4.78 is 0. The largest absolute Gasteiger partial charge is 0.244 e. The molecule has 0 N–H and O–H groups in total. The zero-order valence-electron chi connectivity index (χ0n) is 16.3. The highest BCUT2D eigenvalue weighted by Crippen LogP contribution is 2.38. The molecule has 7 rings (SSSR count). The van der Waals surface area contributed by atoms with Gasteiger partial charge in [-0.05, 0) is 84.3 Å². The van der Waals surface area contributed by atoms with Crippen molar-refractivity contribution in [1.82, 2.24) is 24.9 Å². The van der Waals surface area contributed by atoms with Crippen LogP contribution in [-0.2, 0) is 25.7 Å². The van der Waals surface area contributed by atoms with Crippen LogP contribution in [0.1, 0.15) is 22.3 Å². The lowest BCUT2D eigenvalue weighted by atomic mass is 9.86. The predicted molar refractivity (Wildman–Crippen MR) is 116 cm³/mol. The molecule has 0 saturated carbocycles. The Labute approximate surface area is 172 Å². The van der Waals surface area contributed by atoms with Gasteiger partial charge in [0, 0.05) is 23.2 Å². The first-order valence-corrected chi connectivity index (χ1v) is 10.4. The summed E-state index contributed by atoms with van der Waals surface area (Å²) in [5.74, 6) is 0. The molecule has 0 unspecified atom stereocenters. The van der Waals surface area contributed by atoms with E-state index in [-0.39, 0.29) is 0 Å². The first-order valence-electron chi connectivity index (χ1n) is 10.4. The monoisotopic (exact) mass is 387 g/mol. The zero-order chi connectivity index (χ0) is 19.7. The highest BCUT2D eigenvalue weighted by Gasteiger charge is 2.26. The molecule has 5 aromatic heterocycles.